The van der Waals surface area contributed by atoms with Crippen molar-refractivity contribution in [3.8, 4) is 11.5 Å². The van der Waals surface area contributed by atoms with Gasteiger partial charge in [-0.1, -0.05) is 11.6 Å². The van der Waals surface area contributed by atoms with Crippen molar-refractivity contribution in [2.45, 2.75) is 6.92 Å². The first-order valence-electron chi connectivity index (χ1n) is 6.80. The van der Waals surface area contributed by atoms with Crippen molar-refractivity contribution < 1.29 is 29.0 Å². The lowest BCUT2D eigenvalue weighted by molar-refractivity contribution is -0.307. The maximum absolute atomic E-state index is 11.9. The summed E-state index contributed by atoms with van der Waals surface area (Å²) >= 11 is 7.10. The zero-order chi connectivity index (χ0) is 18.6. The molecule has 0 saturated carbocycles. The Morgan fingerprint density at radius 1 is 1.44 bits per heavy atom. The Labute approximate surface area is 151 Å². The molecule has 0 atom stereocenters. The minimum atomic E-state index is -1.40. The first-order chi connectivity index (χ1) is 11.8. The van der Waals surface area contributed by atoms with E-state index < -0.39 is 18.5 Å². The number of aliphatic carboxylic acids is 1. The number of thioether (sulfide) groups is 1. The number of rotatable bonds is 5. The largest absolute Gasteiger partial charge is 0.546 e. The molecule has 1 aliphatic rings. The van der Waals surface area contributed by atoms with Crippen molar-refractivity contribution in [3.05, 3.63) is 27.6 Å². The van der Waals surface area contributed by atoms with Gasteiger partial charge in [0.25, 0.3) is 5.91 Å². The molecule has 2 rings (SSSR count). The summed E-state index contributed by atoms with van der Waals surface area (Å²) in [6, 6.07) is 3.00. The lowest BCUT2D eigenvalue weighted by Crippen LogP contribution is -2.29. The highest BCUT2D eigenvalue weighted by molar-refractivity contribution is 8.18. The normalized spacial score (nSPS) is 15.1. The molecule has 132 valence electrons. The number of nitrogens with zero attached hydrogens (tertiary/aromatic N) is 1. The third-order valence-electron chi connectivity index (χ3n) is 2.79. The van der Waals surface area contributed by atoms with Gasteiger partial charge in [0.1, 0.15) is 6.61 Å². The van der Waals surface area contributed by atoms with Gasteiger partial charge in [0, 0.05) is 6.92 Å². The zero-order valence-corrected chi connectivity index (χ0v) is 14.7. The molecule has 1 aromatic rings. The second kappa shape index (κ2) is 8.04. The molecule has 1 aromatic carbocycles. The van der Waals surface area contributed by atoms with E-state index in [9.17, 15) is 19.5 Å². The summed E-state index contributed by atoms with van der Waals surface area (Å²) < 4.78 is 10.2. The summed E-state index contributed by atoms with van der Waals surface area (Å²) in [7, 11) is 1.36. The third kappa shape index (κ3) is 4.97. The van der Waals surface area contributed by atoms with E-state index in [4.69, 9.17) is 21.1 Å². The van der Waals surface area contributed by atoms with Gasteiger partial charge in [-0.2, -0.15) is 4.99 Å². The molecule has 0 aliphatic carbocycles. The predicted octanol–water partition coefficient (Wildman–Crippen LogP) is 0.584. The van der Waals surface area contributed by atoms with Crippen LogP contribution in [-0.4, -0.2) is 36.7 Å². The molecular weight excluding hydrogens is 372 g/mol. The molecule has 10 heteroatoms. The van der Waals surface area contributed by atoms with E-state index in [1.165, 1.54) is 32.2 Å². The van der Waals surface area contributed by atoms with Crippen molar-refractivity contribution in [1.29, 1.82) is 0 Å². The number of ether oxygens (including phenoxy) is 2. The number of carboxylic acid groups (broad SMARTS) is 1. The minimum absolute atomic E-state index is 0.0519. The van der Waals surface area contributed by atoms with Gasteiger partial charge in [0.15, 0.2) is 16.7 Å². The van der Waals surface area contributed by atoms with Crippen molar-refractivity contribution in [3.63, 3.8) is 0 Å². The smallest absolute Gasteiger partial charge is 0.286 e. The average molecular weight is 384 g/mol. The standard InChI is InChI=1S/C15H13ClN2O6S/c1-7(19)17-15-18-14(22)11(25-15)5-8-3-9(16)13(10(4-8)23-2)24-6-12(20)21/h3-5H,6H2,1-2H3,(H,20,21)(H,17,18,19,22)/p-1. The Hall–Kier alpha value is -2.52. The highest BCUT2D eigenvalue weighted by Crippen LogP contribution is 2.38. The van der Waals surface area contributed by atoms with Crippen LogP contribution in [0.25, 0.3) is 6.08 Å². The molecule has 0 radical (unpaired) electrons. The lowest BCUT2D eigenvalue weighted by Gasteiger charge is -2.13. The van der Waals surface area contributed by atoms with Crippen LogP contribution in [0.15, 0.2) is 22.0 Å². The van der Waals surface area contributed by atoms with E-state index in [1.807, 2.05) is 0 Å². The number of halogens is 1. The zero-order valence-electron chi connectivity index (χ0n) is 13.1. The Morgan fingerprint density at radius 3 is 2.76 bits per heavy atom. The molecule has 1 aliphatic heterocycles. The van der Waals surface area contributed by atoms with Crippen LogP contribution in [0, 0.1) is 0 Å². The van der Waals surface area contributed by atoms with E-state index in [0.717, 1.165) is 11.8 Å². The average Bonchev–Trinajstić information content (AvgIpc) is 2.84. The van der Waals surface area contributed by atoms with Crippen molar-refractivity contribution in [2.75, 3.05) is 13.7 Å². The molecule has 0 saturated heterocycles. The number of amides is 2. The van der Waals surface area contributed by atoms with Gasteiger partial charge < -0.3 is 24.7 Å². The first kappa shape index (κ1) is 18.8. The molecule has 2 amide bonds. The molecule has 0 fully saturated rings. The Bertz CT molecular complexity index is 805. The Kier molecular flexibility index (Phi) is 6.05. The molecule has 25 heavy (non-hydrogen) atoms. The number of benzene rings is 1. The van der Waals surface area contributed by atoms with E-state index in [2.05, 4.69) is 10.3 Å². The van der Waals surface area contributed by atoms with Crippen LogP contribution in [0.4, 0.5) is 0 Å². The molecular formula is C15H12ClN2O6S-. The maximum atomic E-state index is 11.9. The number of methoxy groups -OCH3 is 1. The highest BCUT2D eigenvalue weighted by atomic mass is 35.5. The number of hydrogen-bond acceptors (Lipinski definition) is 7. The molecule has 1 heterocycles. The molecule has 0 bridgehead atoms. The SMILES string of the molecule is COc1cc(C=C2SC(NC(C)=O)=NC2=O)cc(Cl)c1OCC(=O)[O-]. The van der Waals surface area contributed by atoms with Crippen LogP contribution in [0.2, 0.25) is 5.02 Å². The van der Waals surface area contributed by atoms with Gasteiger partial charge in [-0.25, -0.2) is 0 Å². The fourth-order valence-electron chi connectivity index (χ4n) is 1.86. The van der Waals surface area contributed by atoms with Crippen LogP contribution in [0.5, 0.6) is 11.5 Å². The number of aliphatic imine (C=N–C) groups is 1. The molecule has 1 N–H and O–H groups in total. The number of nitrogens with one attached hydrogen (secondary N) is 1. The van der Waals surface area contributed by atoms with Crippen LogP contribution in [0.3, 0.4) is 0 Å². The summed E-state index contributed by atoms with van der Waals surface area (Å²) in [5.74, 6) is -1.99. The van der Waals surface area contributed by atoms with Gasteiger partial charge >= 0.3 is 0 Å². The van der Waals surface area contributed by atoms with Gasteiger partial charge in [-0.3, -0.25) is 9.59 Å². The number of carbonyl (C=O) groups is 3. The second-order valence-corrected chi connectivity index (χ2v) is 6.15. The second-order valence-electron chi connectivity index (χ2n) is 4.71. The molecule has 0 unspecified atom stereocenters. The van der Waals surface area contributed by atoms with Crippen molar-refractivity contribution in [2.24, 2.45) is 4.99 Å². The summed E-state index contributed by atoms with van der Waals surface area (Å²) in [4.78, 5) is 37.4. The summed E-state index contributed by atoms with van der Waals surface area (Å²) in [5, 5.41) is 13.2. The fraction of sp³-hybridized carbons (Fsp3) is 0.200. The summed E-state index contributed by atoms with van der Waals surface area (Å²) in [5.41, 5.74) is 0.512. The molecule has 0 spiro atoms. The number of carbonyl (C=O) groups excluding carboxylic acids is 3. The van der Waals surface area contributed by atoms with E-state index in [0.29, 0.717) is 5.56 Å². The highest BCUT2D eigenvalue weighted by Gasteiger charge is 2.23. The number of hydrogen-bond donors (Lipinski definition) is 1. The van der Waals surface area contributed by atoms with Crippen molar-refractivity contribution in [1.82, 2.24) is 5.32 Å². The minimum Gasteiger partial charge on any atom is -0.546 e. The Morgan fingerprint density at radius 2 is 2.16 bits per heavy atom. The first-order valence-corrected chi connectivity index (χ1v) is 8.00. The third-order valence-corrected chi connectivity index (χ3v) is 3.97. The van der Waals surface area contributed by atoms with E-state index in [-0.39, 0.29) is 32.5 Å². The van der Waals surface area contributed by atoms with Crippen LogP contribution in [-0.2, 0) is 14.4 Å². The quantitative estimate of drug-likeness (QED) is 0.739. The van der Waals surface area contributed by atoms with Gasteiger partial charge in [-0.15, -0.1) is 0 Å². The number of carboxylic acids is 1. The molecule has 0 aromatic heterocycles. The van der Waals surface area contributed by atoms with Gasteiger partial charge in [-0.05, 0) is 35.5 Å². The predicted molar refractivity (Wildman–Crippen MR) is 90.3 cm³/mol. The van der Waals surface area contributed by atoms with Crippen LogP contribution >= 0.6 is 23.4 Å². The van der Waals surface area contributed by atoms with Gasteiger partial charge in [0.2, 0.25) is 5.91 Å². The van der Waals surface area contributed by atoms with Gasteiger partial charge in [0.05, 0.1) is 23.0 Å². The monoisotopic (exact) mass is 383 g/mol. The number of amidine groups is 1. The van der Waals surface area contributed by atoms with Crippen LogP contribution < -0.4 is 19.9 Å². The van der Waals surface area contributed by atoms with E-state index >= 15 is 0 Å². The molecule has 8 nitrogen and oxygen atoms in total. The topological polar surface area (TPSA) is 117 Å². The Balaban J connectivity index is 2.26. The van der Waals surface area contributed by atoms with Crippen molar-refractivity contribution >= 4 is 52.4 Å². The lowest BCUT2D eigenvalue weighted by atomic mass is 10.2. The fourth-order valence-corrected chi connectivity index (χ4v) is 2.99. The van der Waals surface area contributed by atoms with E-state index in [1.54, 1.807) is 0 Å². The van der Waals surface area contributed by atoms with Crippen LogP contribution in [0.1, 0.15) is 12.5 Å². The maximum Gasteiger partial charge on any atom is 0.286 e. The summed E-state index contributed by atoms with van der Waals surface area (Å²) in [6.07, 6.45) is 1.52. The summed E-state index contributed by atoms with van der Waals surface area (Å²) in [6.45, 7) is 0.629.